The molecule has 1 fully saturated rings. The minimum Gasteiger partial charge on any atom is -0.345 e. The third-order valence-corrected chi connectivity index (χ3v) is 4.33. The number of carbonyl (C=O) groups is 1. The molecule has 0 unspecified atom stereocenters. The van der Waals surface area contributed by atoms with Crippen molar-refractivity contribution in [3.05, 3.63) is 40.9 Å². The fraction of sp³-hybridized carbons (Fsp3) is 0.438. The normalized spacial score (nSPS) is 18.8. The SMILES string of the molecule is Cc1nc(C(=O)N[C@@H]2CCCN(C)C2)nn1-c1ccccc1Cl. The Kier molecular flexibility index (Phi) is 4.63. The third kappa shape index (κ3) is 3.54. The van der Waals surface area contributed by atoms with Crippen molar-refractivity contribution < 1.29 is 4.79 Å². The lowest BCUT2D eigenvalue weighted by molar-refractivity contribution is 0.0902. The molecule has 0 radical (unpaired) electrons. The Morgan fingerprint density at radius 2 is 2.17 bits per heavy atom. The van der Waals surface area contributed by atoms with E-state index in [2.05, 4.69) is 27.3 Å². The monoisotopic (exact) mass is 333 g/mol. The number of nitrogens with zero attached hydrogens (tertiary/aromatic N) is 4. The molecule has 0 spiro atoms. The molecule has 1 aliphatic rings. The highest BCUT2D eigenvalue weighted by molar-refractivity contribution is 6.32. The van der Waals surface area contributed by atoms with E-state index in [0.29, 0.717) is 10.8 Å². The van der Waals surface area contributed by atoms with E-state index >= 15 is 0 Å². The predicted octanol–water partition coefficient (Wildman–Crippen LogP) is 2.05. The van der Waals surface area contributed by atoms with Crippen LogP contribution >= 0.6 is 11.6 Å². The van der Waals surface area contributed by atoms with Gasteiger partial charge in [0, 0.05) is 12.6 Å². The van der Waals surface area contributed by atoms with Crippen molar-refractivity contribution in [2.75, 3.05) is 20.1 Å². The first-order valence-electron chi connectivity index (χ1n) is 7.72. The van der Waals surface area contributed by atoms with Gasteiger partial charge in [-0.3, -0.25) is 4.79 Å². The number of likely N-dealkylation sites (N-methyl/N-ethyl adjacent to an activating group) is 1. The molecule has 1 atom stereocenters. The van der Waals surface area contributed by atoms with Crippen LogP contribution in [0.25, 0.3) is 5.69 Å². The van der Waals surface area contributed by atoms with Gasteiger partial charge >= 0.3 is 0 Å². The van der Waals surface area contributed by atoms with Crippen LogP contribution in [0.4, 0.5) is 0 Å². The molecule has 1 aliphatic heterocycles. The van der Waals surface area contributed by atoms with Gasteiger partial charge in [-0.25, -0.2) is 9.67 Å². The number of aromatic nitrogens is 3. The Morgan fingerprint density at radius 1 is 1.39 bits per heavy atom. The summed E-state index contributed by atoms with van der Waals surface area (Å²) in [4.78, 5) is 18.9. The van der Waals surface area contributed by atoms with Gasteiger partial charge in [0.05, 0.1) is 10.7 Å². The zero-order valence-electron chi connectivity index (χ0n) is 13.3. The number of hydrogen-bond donors (Lipinski definition) is 1. The van der Waals surface area contributed by atoms with E-state index in [-0.39, 0.29) is 17.8 Å². The molecule has 0 saturated carbocycles. The lowest BCUT2D eigenvalue weighted by Gasteiger charge is -2.29. The minimum absolute atomic E-state index is 0.147. The number of nitrogens with one attached hydrogen (secondary N) is 1. The predicted molar refractivity (Wildman–Crippen MR) is 89.1 cm³/mol. The number of halogens is 1. The highest BCUT2D eigenvalue weighted by atomic mass is 35.5. The number of piperidine rings is 1. The van der Waals surface area contributed by atoms with Crippen LogP contribution in [0.2, 0.25) is 5.02 Å². The molecular weight excluding hydrogens is 314 g/mol. The molecule has 1 N–H and O–H groups in total. The molecule has 0 aliphatic carbocycles. The number of benzene rings is 1. The summed E-state index contributed by atoms with van der Waals surface area (Å²) in [5.74, 6) is 0.568. The molecule has 1 saturated heterocycles. The lowest BCUT2D eigenvalue weighted by Crippen LogP contribution is -2.46. The molecule has 122 valence electrons. The van der Waals surface area contributed by atoms with Gasteiger partial charge in [0.2, 0.25) is 5.82 Å². The van der Waals surface area contributed by atoms with Crippen LogP contribution in [0.3, 0.4) is 0 Å². The molecule has 0 bridgehead atoms. The van der Waals surface area contributed by atoms with E-state index in [4.69, 9.17) is 11.6 Å². The van der Waals surface area contributed by atoms with Crippen molar-refractivity contribution in [2.45, 2.75) is 25.8 Å². The van der Waals surface area contributed by atoms with Crippen molar-refractivity contribution in [1.29, 1.82) is 0 Å². The lowest BCUT2D eigenvalue weighted by atomic mass is 10.1. The van der Waals surface area contributed by atoms with Gasteiger partial charge < -0.3 is 10.2 Å². The average molecular weight is 334 g/mol. The van der Waals surface area contributed by atoms with Gasteiger partial charge in [-0.2, -0.15) is 0 Å². The Balaban J connectivity index is 1.78. The maximum atomic E-state index is 12.4. The Bertz CT molecular complexity index is 714. The van der Waals surface area contributed by atoms with Crippen molar-refractivity contribution >= 4 is 17.5 Å². The standard InChI is InChI=1S/C16H20ClN5O/c1-11-18-15(16(23)19-12-6-5-9-21(2)10-12)20-22(11)14-8-4-3-7-13(14)17/h3-4,7-8,12H,5-6,9-10H2,1-2H3,(H,19,23)/t12-/m1/s1. The summed E-state index contributed by atoms with van der Waals surface area (Å²) in [6.07, 6.45) is 2.07. The maximum Gasteiger partial charge on any atom is 0.291 e. The highest BCUT2D eigenvalue weighted by Gasteiger charge is 2.22. The second kappa shape index (κ2) is 6.68. The molecule has 23 heavy (non-hydrogen) atoms. The third-order valence-electron chi connectivity index (χ3n) is 4.01. The minimum atomic E-state index is -0.237. The maximum absolute atomic E-state index is 12.4. The van der Waals surface area contributed by atoms with Crippen LogP contribution in [-0.4, -0.2) is 51.8 Å². The van der Waals surface area contributed by atoms with Crippen LogP contribution in [-0.2, 0) is 0 Å². The van der Waals surface area contributed by atoms with E-state index in [1.165, 1.54) is 0 Å². The second-order valence-corrected chi connectivity index (χ2v) is 6.33. The van der Waals surface area contributed by atoms with Crippen LogP contribution in [0.5, 0.6) is 0 Å². The molecule has 1 aromatic carbocycles. The summed E-state index contributed by atoms with van der Waals surface area (Å²) < 4.78 is 1.60. The van der Waals surface area contributed by atoms with Gasteiger partial charge in [0.25, 0.3) is 5.91 Å². The van der Waals surface area contributed by atoms with Crippen LogP contribution < -0.4 is 5.32 Å². The topological polar surface area (TPSA) is 63.1 Å². The van der Waals surface area contributed by atoms with Crippen LogP contribution in [0, 0.1) is 6.92 Å². The summed E-state index contributed by atoms with van der Waals surface area (Å²) in [5, 5.41) is 7.91. The van der Waals surface area contributed by atoms with Crippen molar-refractivity contribution in [3.8, 4) is 5.69 Å². The molecular formula is C16H20ClN5O. The van der Waals surface area contributed by atoms with Gasteiger partial charge in [-0.15, -0.1) is 5.10 Å². The smallest absolute Gasteiger partial charge is 0.291 e. The molecule has 7 heteroatoms. The van der Waals surface area contributed by atoms with Crippen molar-refractivity contribution in [2.24, 2.45) is 0 Å². The van der Waals surface area contributed by atoms with Gasteiger partial charge in [0.1, 0.15) is 5.82 Å². The molecule has 1 aromatic heterocycles. The summed E-state index contributed by atoms with van der Waals surface area (Å²) in [6, 6.07) is 7.51. The van der Waals surface area contributed by atoms with Gasteiger partial charge in [0.15, 0.2) is 0 Å². The number of rotatable bonds is 3. The Labute approximate surface area is 140 Å². The van der Waals surface area contributed by atoms with E-state index in [9.17, 15) is 4.79 Å². The van der Waals surface area contributed by atoms with Crippen LogP contribution in [0.15, 0.2) is 24.3 Å². The Hall–Kier alpha value is -1.92. The van der Waals surface area contributed by atoms with Crippen molar-refractivity contribution in [3.63, 3.8) is 0 Å². The number of carbonyl (C=O) groups excluding carboxylic acids is 1. The fourth-order valence-corrected chi connectivity index (χ4v) is 3.09. The number of aryl methyl sites for hydroxylation is 1. The van der Waals surface area contributed by atoms with E-state index in [1.807, 2.05) is 25.1 Å². The van der Waals surface area contributed by atoms with E-state index < -0.39 is 0 Å². The summed E-state index contributed by atoms with van der Waals surface area (Å²) in [7, 11) is 2.06. The summed E-state index contributed by atoms with van der Waals surface area (Å²) >= 11 is 6.20. The molecule has 2 aromatic rings. The fourth-order valence-electron chi connectivity index (χ4n) is 2.87. The van der Waals surface area contributed by atoms with E-state index in [0.717, 1.165) is 31.6 Å². The van der Waals surface area contributed by atoms with Crippen molar-refractivity contribution in [1.82, 2.24) is 25.0 Å². The van der Waals surface area contributed by atoms with Crippen LogP contribution in [0.1, 0.15) is 29.3 Å². The number of para-hydroxylation sites is 1. The van der Waals surface area contributed by atoms with Gasteiger partial charge in [-0.05, 0) is 45.5 Å². The first-order chi connectivity index (χ1) is 11.0. The van der Waals surface area contributed by atoms with E-state index in [1.54, 1.807) is 10.7 Å². The number of likely N-dealkylation sites (tertiary alicyclic amines) is 1. The molecule has 6 nitrogen and oxygen atoms in total. The molecule has 1 amide bonds. The Morgan fingerprint density at radius 3 is 2.91 bits per heavy atom. The zero-order chi connectivity index (χ0) is 16.4. The quantitative estimate of drug-likeness (QED) is 0.933. The number of amides is 1. The zero-order valence-corrected chi connectivity index (χ0v) is 14.0. The largest absolute Gasteiger partial charge is 0.345 e. The molecule has 3 rings (SSSR count). The average Bonchev–Trinajstić information content (AvgIpc) is 2.90. The first-order valence-corrected chi connectivity index (χ1v) is 8.10. The second-order valence-electron chi connectivity index (χ2n) is 5.92. The highest BCUT2D eigenvalue weighted by Crippen LogP contribution is 2.20. The summed E-state index contributed by atoms with van der Waals surface area (Å²) in [5.41, 5.74) is 0.718. The molecule has 2 heterocycles. The first kappa shape index (κ1) is 16.0. The summed E-state index contributed by atoms with van der Waals surface area (Å²) in [6.45, 7) is 3.74. The number of hydrogen-bond acceptors (Lipinski definition) is 4. The van der Waals surface area contributed by atoms with Gasteiger partial charge in [-0.1, -0.05) is 23.7 Å².